The molecular weight excluding hydrogens is 298 g/mol. The zero-order valence-corrected chi connectivity index (χ0v) is 11.4. The molecule has 0 atom stereocenters. The van der Waals surface area contributed by atoms with Crippen molar-refractivity contribution in [1.82, 2.24) is 4.90 Å². The van der Waals surface area contributed by atoms with E-state index >= 15 is 0 Å². The van der Waals surface area contributed by atoms with Gasteiger partial charge in [-0.25, -0.2) is 0 Å². The Balaban J connectivity index is 1.81. The molecule has 0 unspecified atom stereocenters. The van der Waals surface area contributed by atoms with Crippen molar-refractivity contribution in [2.75, 3.05) is 0 Å². The molecule has 2 aromatic rings. The first-order valence-corrected chi connectivity index (χ1v) is 6.96. The largest absolute Gasteiger partial charge is 0.329 e. The van der Waals surface area contributed by atoms with E-state index in [1.807, 2.05) is 29.2 Å². The molecule has 0 N–H and O–H groups in total. The SMILES string of the molecule is O=C1c2cc(Br)sc2CN1Cc1ccccc1. The van der Waals surface area contributed by atoms with E-state index in [1.165, 1.54) is 5.56 Å². The zero-order chi connectivity index (χ0) is 11.8. The minimum absolute atomic E-state index is 0.144. The second kappa shape index (κ2) is 4.27. The fraction of sp³-hybridized carbons (Fsp3) is 0.154. The molecule has 0 fully saturated rings. The van der Waals surface area contributed by atoms with Crippen LogP contribution in [0, 0.1) is 0 Å². The Hall–Kier alpha value is -1.13. The third-order valence-corrected chi connectivity index (χ3v) is 4.47. The molecule has 4 heteroatoms. The molecule has 0 saturated heterocycles. The highest BCUT2D eigenvalue weighted by Crippen LogP contribution is 2.34. The van der Waals surface area contributed by atoms with Gasteiger partial charge in [0.2, 0.25) is 0 Å². The summed E-state index contributed by atoms with van der Waals surface area (Å²) in [5.41, 5.74) is 2.04. The first-order chi connectivity index (χ1) is 8.24. The van der Waals surface area contributed by atoms with Gasteiger partial charge >= 0.3 is 0 Å². The van der Waals surface area contributed by atoms with E-state index in [4.69, 9.17) is 0 Å². The van der Waals surface area contributed by atoms with Crippen LogP contribution in [0.5, 0.6) is 0 Å². The Bertz CT molecular complexity index is 564. The van der Waals surface area contributed by atoms with E-state index in [9.17, 15) is 4.79 Å². The van der Waals surface area contributed by atoms with E-state index in [0.717, 1.165) is 20.8 Å². The van der Waals surface area contributed by atoms with E-state index in [2.05, 4.69) is 28.1 Å². The molecule has 0 saturated carbocycles. The lowest BCUT2D eigenvalue weighted by atomic mass is 10.2. The molecule has 17 heavy (non-hydrogen) atoms. The van der Waals surface area contributed by atoms with Gasteiger partial charge in [0.15, 0.2) is 0 Å². The van der Waals surface area contributed by atoms with Crippen molar-refractivity contribution in [3.05, 3.63) is 56.2 Å². The lowest BCUT2D eigenvalue weighted by Gasteiger charge is -2.15. The number of thiophene rings is 1. The van der Waals surface area contributed by atoms with Crippen LogP contribution >= 0.6 is 27.3 Å². The number of nitrogens with zero attached hydrogens (tertiary/aromatic N) is 1. The number of halogens is 1. The lowest BCUT2D eigenvalue weighted by molar-refractivity contribution is 0.0767. The minimum atomic E-state index is 0.144. The summed E-state index contributed by atoms with van der Waals surface area (Å²) in [6.45, 7) is 1.43. The van der Waals surface area contributed by atoms with Gasteiger partial charge in [-0.1, -0.05) is 30.3 Å². The number of carbonyl (C=O) groups is 1. The lowest BCUT2D eigenvalue weighted by Crippen LogP contribution is -2.23. The van der Waals surface area contributed by atoms with Crippen molar-refractivity contribution in [1.29, 1.82) is 0 Å². The van der Waals surface area contributed by atoms with Gasteiger partial charge in [-0.05, 0) is 27.6 Å². The quantitative estimate of drug-likeness (QED) is 0.829. The van der Waals surface area contributed by atoms with Crippen LogP contribution in [0.25, 0.3) is 0 Å². The van der Waals surface area contributed by atoms with E-state index in [1.54, 1.807) is 11.3 Å². The van der Waals surface area contributed by atoms with Crippen molar-refractivity contribution < 1.29 is 4.79 Å². The molecule has 0 bridgehead atoms. The first-order valence-electron chi connectivity index (χ1n) is 5.35. The molecule has 86 valence electrons. The normalized spacial score (nSPS) is 14.2. The number of carbonyl (C=O) groups excluding carboxylic acids is 1. The average Bonchev–Trinajstić information content (AvgIpc) is 2.81. The Kier molecular flexibility index (Phi) is 2.76. The molecule has 1 aromatic carbocycles. The highest BCUT2D eigenvalue weighted by atomic mass is 79.9. The number of rotatable bonds is 2. The molecule has 0 radical (unpaired) electrons. The number of amides is 1. The van der Waals surface area contributed by atoms with Crippen LogP contribution in [0.4, 0.5) is 0 Å². The summed E-state index contributed by atoms with van der Waals surface area (Å²) < 4.78 is 1.04. The summed E-state index contributed by atoms with van der Waals surface area (Å²) in [7, 11) is 0. The maximum atomic E-state index is 12.1. The molecule has 1 aliphatic rings. The third kappa shape index (κ3) is 2.03. The van der Waals surface area contributed by atoms with Gasteiger partial charge in [-0.2, -0.15) is 0 Å². The molecule has 1 amide bonds. The summed E-state index contributed by atoms with van der Waals surface area (Å²) in [6, 6.07) is 12.0. The second-order valence-electron chi connectivity index (χ2n) is 4.03. The molecule has 0 aliphatic carbocycles. The van der Waals surface area contributed by atoms with E-state index in [0.29, 0.717) is 6.54 Å². The van der Waals surface area contributed by atoms with Gasteiger partial charge in [-0.15, -0.1) is 11.3 Å². The Morgan fingerprint density at radius 2 is 2.06 bits per heavy atom. The fourth-order valence-corrected chi connectivity index (χ4v) is 3.75. The Morgan fingerprint density at radius 3 is 2.76 bits per heavy atom. The van der Waals surface area contributed by atoms with Gasteiger partial charge < -0.3 is 4.90 Å². The van der Waals surface area contributed by atoms with Crippen LogP contribution in [0.1, 0.15) is 20.8 Å². The zero-order valence-electron chi connectivity index (χ0n) is 9.02. The maximum Gasteiger partial charge on any atom is 0.255 e. The molecule has 3 rings (SSSR count). The van der Waals surface area contributed by atoms with Crippen LogP contribution in [0.3, 0.4) is 0 Å². The van der Waals surface area contributed by atoms with Crippen LogP contribution in [-0.4, -0.2) is 10.8 Å². The smallest absolute Gasteiger partial charge is 0.255 e. The van der Waals surface area contributed by atoms with Crippen LogP contribution in [-0.2, 0) is 13.1 Å². The number of benzene rings is 1. The van der Waals surface area contributed by atoms with Gasteiger partial charge in [0.05, 0.1) is 15.9 Å². The highest BCUT2D eigenvalue weighted by Gasteiger charge is 2.29. The predicted molar refractivity (Wildman–Crippen MR) is 72.0 cm³/mol. The van der Waals surface area contributed by atoms with Gasteiger partial charge in [0.1, 0.15) is 0 Å². The Labute approximate surface area is 112 Å². The van der Waals surface area contributed by atoms with Gasteiger partial charge in [-0.3, -0.25) is 4.79 Å². The molecule has 2 heterocycles. The predicted octanol–water partition coefficient (Wildman–Crippen LogP) is 3.67. The standard InChI is InChI=1S/C13H10BrNOS/c14-12-6-10-11(17-12)8-15(13(10)16)7-9-4-2-1-3-5-9/h1-6H,7-8H2. The first kappa shape index (κ1) is 11.0. The summed E-state index contributed by atoms with van der Waals surface area (Å²) in [4.78, 5) is 15.2. The van der Waals surface area contributed by atoms with Gasteiger partial charge in [0.25, 0.3) is 5.91 Å². The molecular formula is C13H10BrNOS. The average molecular weight is 308 g/mol. The van der Waals surface area contributed by atoms with Crippen LogP contribution < -0.4 is 0 Å². The van der Waals surface area contributed by atoms with Crippen LogP contribution in [0.15, 0.2) is 40.2 Å². The van der Waals surface area contributed by atoms with Crippen molar-refractivity contribution in [3.8, 4) is 0 Å². The minimum Gasteiger partial charge on any atom is -0.329 e. The summed E-state index contributed by atoms with van der Waals surface area (Å²) in [6.07, 6.45) is 0. The van der Waals surface area contributed by atoms with E-state index in [-0.39, 0.29) is 5.91 Å². The molecule has 2 nitrogen and oxygen atoms in total. The summed E-state index contributed by atoms with van der Waals surface area (Å²) >= 11 is 5.07. The van der Waals surface area contributed by atoms with Crippen LogP contribution in [0.2, 0.25) is 0 Å². The maximum absolute atomic E-state index is 12.1. The number of fused-ring (bicyclic) bond motifs is 1. The fourth-order valence-electron chi connectivity index (χ4n) is 2.04. The Morgan fingerprint density at radius 1 is 1.29 bits per heavy atom. The molecule has 1 aromatic heterocycles. The van der Waals surface area contributed by atoms with Crippen molar-refractivity contribution in [2.45, 2.75) is 13.1 Å². The topological polar surface area (TPSA) is 20.3 Å². The summed E-state index contributed by atoms with van der Waals surface area (Å²) in [5, 5.41) is 0. The van der Waals surface area contributed by atoms with Crippen molar-refractivity contribution >= 4 is 33.2 Å². The van der Waals surface area contributed by atoms with Crippen molar-refractivity contribution in [2.24, 2.45) is 0 Å². The molecule has 1 aliphatic heterocycles. The third-order valence-electron chi connectivity index (χ3n) is 2.85. The number of hydrogen-bond acceptors (Lipinski definition) is 2. The van der Waals surface area contributed by atoms with E-state index < -0.39 is 0 Å². The second-order valence-corrected chi connectivity index (χ2v) is 6.55. The highest BCUT2D eigenvalue weighted by molar-refractivity contribution is 9.11. The number of hydrogen-bond donors (Lipinski definition) is 0. The van der Waals surface area contributed by atoms with Gasteiger partial charge in [0, 0.05) is 11.4 Å². The van der Waals surface area contributed by atoms with Crippen molar-refractivity contribution in [3.63, 3.8) is 0 Å². The summed E-state index contributed by atoms with van der Waals surface area (Å²) in [5.74, 6) is 0.144. The monoisotopic (exact) mass is 307 g/mol. The molecule has 0 spiro atoms.